The van der Waals surface area contributed by atoms with Gasteiger partial charge in [-0.05, 0) is 31.4 Å². The number of para-hydroxylation sites is 1. The predicted molar refractivity (Wildman–Crippen MR) is 71.6 cm³/mol. The van der Waals surface area contributed by atoms with E-state index in [0.29, 0.717) is 12.6 Å². The minimum Gasteiger partial charge on any atom is -0.395 e. The maximum Gasteiger partial charge on any atom is 0.0556 e. The Morgan fingerprint density at radius 1 is 1.35 bits per heavy atom. The number of hydrogen-bond donors (Lipinski definition) is 2. The van der Waals surface area contributed by atoms with Crippen LogP contribution < -0.4 is 10.2 Å². The van der Waals surface area contributed by atoms with E-state index in [-0.39, 0.29) is 6.61 Å². The van der Waals surface area contributed by atoms with Crippen LogP contribution in [0.3, 0.4) is 0 Å². The quantitative estimate of drug-likeness (QED) is 0.828. The van der Waals surface area contributed by atoms with Gasteiger partial charge in [-0.1, -0.05) is 18.2 Å². The fraction of sp³-hybridized carbons (Fsp3) is 0.571. The van der Waals surface area contributed by atoms with E-state index in [4.69, 9.17) is 5.11 Å². The molecule has 3 nitrogen and oxygen atoms in total. The van der Waals surface area contributed by atoms with Crippen LogP contribution in [0.5, 0.6) is 0 Å². The van der Waals surface area contributed by atoms with Gasteiger partial charge in [0.25, 0.3) is 0 Å². The van der Waals surface area contributed by atoms with E-state index in [2.05, 4.69) is 42.3 Å². The molecule has 1 atom stereocenters. The monoisotopic (exact) mass is 234 g/mol. The van der Waals surface area contributed by atoms with Crippen molar-refractivity contribution in [1.82, 2.24) is 5.32 Å². The highest BCUT2D eigenvalue weighted by Gasteiger charge is 2.23. The number of benzene rings is 1. The summed E-state index contributed by atoms with van der Waals surface area (Å²) in [5.74, 6) is 0. The lowest BCUT2D eigenvalue weighted by Crippen LogP contribution is -2.34. The van der Waals surface area contributed by atoms with Gasteiger partial charge in [0, 0.05) is 31.4 Å². The van der Waals surface area contributed by atoms with Crippen molar-refractivity contribution in [2.75, 3.05) is 31.1 Å². The van der Waals surface area contributed by atoms with Crippen LogP contribution in [0, 0.1) is 13.8 Å². The third-order valence-electron chi connectivity index (χ3n) is 3.49. The number of rotatable bonds is 4. The van der Waals surface area contributed by atoms with Crippen LogP contribution in [-0.4, -0.2) is 37.4 Å². The third-order valence-corrected chi connectivity index (χ3v) is 3.49. The zero-order valence-electron chi connectivity index (χ0n) is 10.7. The van der Waals surface area contributed by atoms with Gasteiger partial charge in [-0.25, -0.2) is 0 Å². The van der Waals surface area contributed by atoms with E-state index in [1.807, 2.05) is 0 Å². The zero-order chi connectivity index (χ0) is 12.3. The summed E-state index contributed by atoms with van der Waals surface area (Å²) in [5.41, 5.74) is 4.10. The molecule has 0 saturated carbocycles. The highest BCUT2D eigenvalue weighted by atomic mass is 16.3. The second-order valence-corrected chi connectivity index (χ2v) is 4.85. The molecule has 0 radical (unpaired) electrons. The van der Waals surface area contributed by atoms with Gasteiger partial charge in [-0.3, -0.25) is 0 Å². The standard InChI is InChI=1S/C14H22N2O/c1-11-4-3-5-12(2)14(11)16-8-6-13(10-16)15-7-9-17/h3-5,13,15,17H,6-10H2,1-2H3. The lowest BCUT2D eigenvalue weighted by atomic mass is 10.1. The summed E-state index contributed by atoms with van der Waals surface area (Å²) in [7, 11) is 0. The highest BCUT2D eigenvalue weighted by Crippen LogP contribution is 2.27. The van der Waals surface area contributed by atoms with Gasteiger partial charge < -0.3 is 15.3 Å². The molecule has 0 spiro atoms. The number of aliphatic hydroxyl groups excluding tert-OH is 1. The number of hydrogen-bond acceptors (Lipinski definition) is 3. The van der Waals surface area contributed by atoms with E-state index >= 15 is 0 Å². The van der Waals surface area contributed by atoms with Crippen molar-refractivity contribution < 1.29 is 5.11 Å². The fourth-order valence-electron chi connectivity index (χ4n) is 2.70. The summed E-state index contributed by atoms with van der Waals surface area (Å²) >= 11 is 0. The molecule has 2 rings (SSSR count). The van der Waals surface area contributed by atoms with Gasteiger partial charge >= 0.3 is 0 Å². The first kappa shape index (κ1) is 12.4. The first-order valence-corrected chi connectivity index (χ1v) is 6.38. The van der Waals surface area contributed by atoms with Gasteiger partial charge in [0.05, 0.1) is 6.61 Å². The summed E-state index contributed by atoms with van der Waals surface area (Å²) in [6, 6.07) is 6.99. The Bertz CT molecular complexity index is 358. The summed E-state index contributed by atoms with van der Waals surface area (Å²) in [6.07, 6.45) is 1.16. The second kappa shape index (κ2) is 5.52. The lowest BCUT2D eigenvalue weighted by Gasteiger charge is -2.23. The Morgan fingerprint density at radius 2 is 2.06 bits per heavy atom. The number of nitrogens with zero attached hydrogens (tertiary/aromatic N) is 1. The Hall–Kier alpha value is -1.06. The summed E-state index contributed by atoms with van der Waals surface area (Å²) in [6.45, 7) is 7.43. The molecule has 94 valence electrons. The molecular formula is C14H22N2O. The molecule has 2 N–H and O–H groups in total. The molecule has 1 unspecified atom stereocenters. The first-order chi connectivity index (χ1) is 8.22. The minimum atomic E-state index is 0.222. The molecule has 0 aliphatic carbocycles. The van der Waals surface area contributed by atoms with E-state index < -0.39 is 0 Å². The van der Waals surface area contributed by atoms with Gasteiger partial charge in [0.15, 0.2) is 0 Å². The Labute approximate surface area is 103 Å². The largest absolute Gasteiger partial charge is 0.395 e. The summed E-state index contributed by atoms with van der Waals surface area (Å²) < 4.78 is 0. The molecule has 3 heteroatoms. The Balaban J connectivity index is 2.05. The van der Waals surface area contributed by atoms with Crippen molar-refractivity contribution >= 4 is 5.69 Å². The van der Waals surface area contributed by atoms with E-state index in [9.17, 15) is 0 Å². The molecular weight excluding hydrogens is 212 g/mol. The van der Waals surface area contributed by atoms with Crippen molar-refractivity contribution in [1.29, 1.82) is 0 Å². The molecule has 0 amide bonds. The minimum absolute atomic E-state index is 0.222. The van der Waals surface area contributed by atoms with Crippen LogP contribution in [-0.2, 0) is 0 Å². The molecule has 1 fully saturated rings. The SMILES string of the molecule is Cc1cccc(C)c1N1CCC(NCCO)C1. The number of aliphatic hydroxyl groups is 1. The van der Waals surface area contributed by atoms with Crippen LogP contribution in [0.1, 0.15) is 17.5 Å². The second-order valence-electron chi connectivity index (χ2n) is 4.85. The van der Waals surface area contributed by atoms with Crippen LogP contribution in [0.2, 0.25) is 0 Å². The van der Waals surface area contributed by atoms with Crippen molar-refractivity contribution in [3.8, 4) is 0 Å². The molecule has 1 aliphatic rings. The summed E-state index contributed by atoms with van der Waals surface area (Å²) in [4.78, 5) is 2.46. The average Bonchev–Trinajstić information content (AvgIpc) is 2.75. The lowest BCUT2D eigenvalue weighted by molar-refractivity contribution is 0.286. The summed E-state index contributed by atoms with van der Waals surface area (Å²) in [5, 5.41) is 12.2. The van der Waals surface area contributed by atoms with Crippen LogP contribution in [0.15, 0.2) is 18.2 Å². The van der Waals surface area contributed by atoms with E-state index in [1.165, 1.54) is 16.8 Å². The molecule has 17 heavy (non-hydrogen) atoms. The van der Waals surface area contributed by atoms with Crippen molar-refractivity contribution in [3.63, 3.8) is 0 Å². The van der Waals surface area contributed by atoms with Crippen molar-refractivity contribution in [3.05, 3.63) is 29.3 Å². The van der Waals surface area contributed by atoms with E-state index in [0.717, 1.165) is 19.5 Å². The van der Waals surface area contributed by atoms with E-state index in [1.54, 1.807) is 0 Å². The fourth-order valence-corrected chi connectivity index (χ4v) is 2.70. The molecule has 1 aromatic carbocycles. The number of anilines is 1. The van der Waals surface area contributed by atoms with Gasteiger partial charge in [0.1, 0.15) is 0 Å². The number of aryl methyl sites for hydroxylation is 2. The van der Waals surface area contributed by atoms with Crippen LogP contribution >= 0.6 is 0 Å². The maximum absolute atomic E-state index is 8.82. The van der Waals surface area contributed by atoms with Gasteiger partial charge in [-0.2, -0.15) is 0 Å². The molecule has 0 bridgehead atoms. The van der Waals surface area contributed by atoms with Crippen molar-refractivity contribution in [2.24, 2.45) is 0 Å². The Kier molecular flexibility index (Phi) is 4.02. The first-order valence-electron chi connectivity index (χ1n) is 6.38. The van der Waals surface area contributed by atoms with Gasteiger partial charge in [-0.15, -0.1) is 0 Å². The smallest absolute Gasteiger partial charge is 0.0556 e. The third kappa shape index (κ3) is 2.79. The topological polar surface area (TPSA) is 35.5 Å². The molecule has 1 aromatic rings. The zero-order valence-corrected chi connectivity index (χ0v) is 10.7. The molecule has 1 aliphatic heterocycles. The number of nitrogens with one attached hydrogen (secondary N) is 1. The molecule has 1 saturated heterocycles. The molecule has 0 aromatic heterocycles. The maximum atomic E-state index is 8.82. The average molecular weight is 234 g/mol. The highest BCUT2D eigenvalue weighted by molar-refractivity contribution is 5.59. The normalized spacial score (nSPS) is 19.9. The van der Waals surface area contributed by atoms with Crippen molar-refractivity contribution in [2.45, 2.75) is 26.3 Å². The Morgan fingerprint density at radius 3 is 2.71 bits per heavy atom. The van der Waals surface area contributed by atoms with Crippen LogP contribution in [0.25, 0.3) is 0 Å². The predicted octanol–water partition coefficient (Wildman–Crippen LogP) is 1.46. The molecule has 1 heterocycles. The van der Waals surface area contributed by atoms with Gasteiger partial charge in [0.2, 0.25) is 0 Å². The van der Waals surface area contributed by atoms with Crippen LogP contribution in [0.4, 0.5) is 5.69 Å².